The van der Waals surface area contributed by atoms with Crippen molar-refractivity contribution in [1.82, 2.24) is 4.90 Å². The highest BCUT2D eigenvalue weighted by Gasteiger charge is 2.20. The van der Waals surface area contributed by atoms with Gasteiger partial charge in [-0.15, -0.1) is 0 Å². The Bertz CT molecular complexity index is 467. The Balaban J connectivity index is 1.94. The molecular formula is C13H17F2N3O. The number of anilines is 1. The minimum atomic E-state index is -0.866. The Morgan fingerprint density at radius 1 is 1.42 bits per heavy atom. The summed E-state index contributed by atoms with van der Waals surface area (Å²) >= 11 is 0. The highest BCUT2D eigenvalue weighted by Crippen LogP contribution is 2.18. The van der Waals surface area contributed by atoms with Crippen molar-refractivity contribution in [2.24, 2.45) is 5.73 Å². The van der Waals surface area contributed by atoms with Crippen LogP contribution in [-0.2, 0) is 4.79 Å². The monoisotopic (exact) mass is 269 g/mol. The van der Waals surface area contributed by atoms with Gasteiger partial charge in [0.25, 0.3) is 0 Å². The molecule has 4 nitrogen and oxygen atoms in total. The van der Waals surface area contributed by atoms with Crippen LogP contribution in [-0.4, -0.2) is 36.5 Å². The zero-order chi connectivity index (χ0) is 13.8. The maximum atomic E-state index is 13.1. The van der Waals surface area contributed by atoms with Crippen molar-refractivity contribution in [2.75, 3.05) is 25.0 Å². The highest BCUT2D eigenvalue weighted by molar-refractivity contribution is 5.75. The molecule has 1 aromatic rings. The predicted molar refractivity (Wildman–Crippen MR) is 68.6 cm³/mol. The Hall–Kier alpha value is -1.69. The van der Waals surface area contributed by atoms with Crippen molar-refractivity contribution in [3.8, 4) is 0 Å². The lowest BCUT2D eigenvalue weighted by atomic mass is 10.1. The van der Waals surface area contributed by atoms with Gasteiger partial charge in [0, 0.05) is 24.3 Å². The largest absolute Gasteiger partial charge is 0.381 e. The van der Waals surface area contributed by atoms with E-state index >= 15 is 0 Å². The summed E-state index contributed by atoms with van der Waals surface area (Å²) in [4.78, 5) is 12.8. The number of hydrogen-bond acceptors (Lipinski definition) is 3. The second-order valence-corrected chi connectivity index (χ2v) is 4.81. The van der Waals surface area contributed by atoms with E-state index in [0.29, 0.717) is 12.2 Å². The molecule has 1 aromatic carbocycles. The van der Waals surface area contributed by atoms with E-state index in [2.05, 4.69) is 5.32 Å². The van der Waals surface area contributed by atoms with E-state index in [-0.39, 0.29) is 18.5 Å². The van der Waals surface area contributed by atoms with Gasteiger partial charge in [0.2, 0.25) is 5.91 Å². The minimum absolute atomic E-state index is 0.109. The maximum absolute atomic E-state index is 13.1. The van der Waals surface area contributed by atoms with Gasteiger partial charge in [0.05, 0.1) is 6.54 Å². The molecule has 1 atom stereocenters. The molecule has 0 saturated carbocycles. The van der Waals surface area contributed by atoms with E-state index in [4.69, 9.17) is 5.73 Å². The summed E-state index contributed by atoms with van der Waals surface area (Å²) in [6.45, 7) is 1.73. The zero-order valence-electron chi connectivity index (χ0n) is 10.5. The first-order valence-corrected chi connectivity index (χ1v) is 6.27. The molecule has 2 rings (SSSR count). The molecule has 1 aliphatic heterocycles. The smallest absolute Gasteiger partial charge is 0.231 e. The normalized spacial score (nSPS) is 20.2. The van der Waals surface area contributed by atoms with E-state index in [9.17, 15) is 13.6 Å². The molecule has 6 heteroatoms. The summed E-state index contributed by atoms with van der Waals surface area (Å²) < 4.78 is 25.9. The molecule has 0 aromatic heterocycles. The van der Waals surface area contributed by atoms with Gasteiger partial charge in [0.1, 0.15) is 0 Å². The summed E-state index contributed by atoms with van der Waals surface area (Å²) in [7, 11) is 0. The number of hydrogen-bond donors (Lipinski definition) is 2. The predicted octanol–water partition coefficient (Wildman–Crippen LogP) is 1.33. The number of rotatable bonds is 4. The van der Waals surface area contributed by atoms with E-state index in [1.54, 1.807) is 0 Å². The molecule has 1 amide bonds. The van der Waals surface area contributed by atoms with Crippen molar-refractivity contribution in [2.45, 2.75) is 18.9 Å². The van der Waals surface area contributed by atoms with Gasteiger partial charge >= 0.3 is 0 Å². The van der Waals surface area contributed by atoms with Crippen molar-refractivity contribution >= 4 is 11.6 Å². The fraction of sp³-hybridized carbons (Fsp3) is 0.462. The molecule has 1 heterocycles. The molecule has 0 spiro atoms. The zero-order valence-corrected chi connectivity index (χ0v) is 10.5. The number of primary amides is 1. The first kappa shape index (κ1) is 13.7. The lowest BCUT2D eigenvalue weighted by Gasteiger charge is -2.32. The molecule has 104 valence electrons. The van der Waals surface area contributed by atoms with Crippen LogP contribution in [0.25, 0.3) is 0 Å². The van der Waals surface area contributed by atoms with Gasteiger partial charge < -0.3 is 11.1 Å². The van der Waals surface area contributed by atoms with E-state index in [1.807, 2.05) is 4.90 Å². The van der Waals surface area contributed by atoms with Crippen LogP contribution in [0.15, 0.2) is 18.2 Å². The third kappa shape index (κ3) is 3.89. The third-order valence-electron chi connectivity index (χ3n) is 3.18. The van der Waals surface area contributed by atoms with Crippen LogP contribution in [0.2, 0.25) is 0 Å². The van der Waals surface area contributed by atoms with Gasteiger partial charge in [-0.1, -0.05) is 0 Å². The average Bonchev–Trinajstić information content (AvgIpc) is 2.33. The van der Waals surface area contributed by atoms with E-state index < -0.39 is 11.6 Å². The molecule has 0 radical (unpaired) electrons. The van der Waals surface area contributed by atoms with Crippen LogP contribution < -0.4 is 11.1 Å². The van der Waals surface area contributed by atoms with Crippen LogP contribution >= 0.6 is 0 Å². The lowest BCUT2D eigenvalue weighted by molar-refractivity contribution is -0.119. The standard InChI is InChI=1S/C13H17F2N3O/c14-11-4-3-9(6-12(11)15)17-10-2-1-5-18(7-10)8-13(16)19/h3-4,6,10,17H,1-2,5,7-8H2,(H2,16,19)/t10-/m1/s1. The number of amides is 1. The van der Waals surface area contributed by atoms with Gasteiger partial charge in [0.15, 0.2) is 11.6 Å². The number of likely N-dealkylation sites (tertiary alicyclic amines) is 1. The number of nitrogens with one attached hydrogen (secondary N) is 1. The topological polar surface area (TPSA) is 58.4 Å². The fourth-order valence-corrected chi connectivity index (χ4v) is 2.36. The molecule has 1 fully saturated rings. The molecule has 3 N–H and O–H groups in total. The van der Waals surface area contributed by atoms with Gasteiger partial charge in [-0.3, -0.25) is 9.69 Å². The number of carbonyl (C=O) groups is 1. The molecule has 1 aliphatic rings. The molecule has 0 aliphatic carbocycles. The molecule has 0 bridgehead atoms. The third-order valence-corrected chi connectivity index (χ3v) is 3.18. The molecule has 0 unspecified atom stereocenters. The van der Waals surface area contributed by atoms with Crippen LogP contribution in [0.4, 0.5) is 14.5 Å². The molecule has 19 heavy (non-hydrogen) atoms. The Morgan fingerprint density at radius 2 is 2.21 bits per heavy atom. The second kappa shape index (κ2) is 5.97. The Labute approximate surface area is 110 Å². The van der Waals surface area contributed by atoms with Crippen molar-refractivity contribution in [3.05, 3.63) is 29.8 Å². The number of nitrogens with zero attached hydrogens (tertiary/aromatic N) is 1. The maximum Gasteiger partial charge on any atom is 0.231 e. The second-order valence-electron chi connectivity index (χ2n) is 4.81. The summed E-state index contributed by atoms with van der Waals surface area (Å²) in [6, 6.07) is 3.85. The summed E-state index contributed by atoms with van der Waals surface area (Å²) in [6.07, 6.45) is 1.86. The first-order chi connectivity index (χ1) is 9.04. The lowest BCUT2D eigenvalue weighted by Crippen LogP contribution is -2.45. The fourth-order valence-electron chi connectivity index (χ4n) is 2.36. The van der Waals surface area contributed by atoms with Crippen molar-refractivity contribution in [1.29, 1.82) is 0 Å². The molecular weight excluding hydrogens is 252 g/mol. The van der Waals surface area contributed by atoms with Crippen LogP contribution in [0, 0.1) is 11.6 Å². The van der Waals surface area contributed by atoms with Gasteiger partial charge in [-0.25, -0.2) is 8.78 Å². The Morgan fingerprint density at radius 3 is 2.89 bits per heavy atom. The summed E-state index contributed by atoms with van der Waals surface area (Å²) in [5, 5.41) is 3.15. The van der Waals surface area contributed by atoms with E-state index in [0.717, 1.165) is 31.5 Å². The highest BCUT2D eigenvalue weighted by atomic mass is 19.2. The summed E-state index contributed by atoms with van der Waals surface area (Å²) in [5.41, 5.74) is 5.71. The van der Waals surface area contributed by atoms with Crippen LogP contribution in [0.1, 0.15) is 12.8 Å². The Kier molecular flexibility index (Phi) is 4.31. The molecule has 1 saturated heterocycles. The number of nitrogens with two attached hydrogens (primary N) is 1. The number of piperidine rings is 1. The SMILES string of the molecule is NC(=O)CN1CCC[C@@H](Nc2ccc(F)c(F)c2)C1. The minimum Gasteiger partial charge on any atom is -0.381 e. The number of carbonyl (C=O) groups excluding carboxylic acids is 1. The summed E-state index contributed by atoms with van der Waals surface area (Å²) in [5.74, 6) is -2.08. The van der Waals surface area contributed by atoms with Crippen molar-refractivity contribution in [3.63, 3.8) is 0 Å². The quantitative estimate of drug-likeness (QED) is 0.867. The average molecular weight is 269 g/mol. The number of benzene rings is 1. The van der Waals surface area contributed by atoms with Crippen LogP contribution in [0.3, 0.4) is 0 Å². The van der Waals surface area contributed by atoms with Gasteiger partial charge in [-0.2, -0.15) is 0 Å². The number of halogens is 2. The van der Waals surface area contributed by atoms with Crippen LogP contribution in [0.5, 0.6) is 0 Å². The van der Waals surface area contributed by atoms with E-state index in [1.165, 1.54) is 6.07 Å². The first-order valence-electron chi connectivity index (χ1n) is 6.27. The van der Waals surface area contributed by atoms with Gasteiger partial charge in [-0.05, 0) is 31.5 Å². The van der Waals surface area contributed by atoms with Crippen molar-refractivity contribution < 1.29 is 13.6 Å².